The first-order chi connectivity index (χ1) is 12.8. The van der Waals surface area contributed by atoms with E-state index in [-0.39, 0.29) is 11.3 Å². The van der Waals surface area contributed by atoms with Gasteiger partial charge in [0.25, 0.3) is 5.91 Å². The standard InChI is InChI=1S/C20H16F3N3O/c1-13-17(12-24-18(25-13)10-14-6-3-2-4-7-14)19(27)26-16-9-5-8-15(11-16)20(21,22)23/h2-9,11-12H,10H2,1H3,(H,26,27). The molecule has 27 heavy (non-hydrogen) atoms. The molecule has 1 heterocycles. The molecule has 0 radical (unpaired) electrons. The zero-order valence-electron chi connectivity index (χ0n) is 14.4. The molecule has 3 aromatic rings. The predicted molar refractivity (Wildman–Crippen MR) is 95.4 cm³/mol. The molecule has 0 bridgehead atoms. The van der Waals surface area contributed by atoms with E-state index in [0.717, 1.165) is 17.7 Å². The lowest BCUT2D eigenvalue weighted by molar-refractivity contribution is -0.137. The fraction of sp³-hybridized carbons (Fsp3) is 0.150. The Hall–Kier alpha value is -3.22. The number of rotatable bonds is 4. The number of hydrogen-bond donors (Lipinski definition) is 1. The van der Waals surface area contributed by atoms with Crippen LogP contribution in [0.15, 0.2) is 60.8 Å². The quantitative estimate of drug-likeness (QED) is 0.726. The lowest BCUT2D eigenvalue weighted by Gasteiger charge is -2.11. The Morgan fingerprint density at radius 1 is 1.07 bits per heavy atom. The van der Waals surface area contributed by atoms with Gasteiger partial charge in [-0.2, -0.15) is 13.2 Å². The SMILES string of the molecule is Cc1nc(Cc2ccccc2)ncc1C(=O)Nc1cccc(C(F)(F)F)c1. The molecule has 0 aliphatic rings. The van der Waals surface area contributed by atoms with E-state index in [1.165, 1.54) is 18.3 Å². The average molecular weight is 371 g/mol. The van der Waals surface area contributed by atoms with E-state index < -0.39 is 17.6 Å². The number of nitrogens with one attached hydrogen (secondary N) is 1. The normalized spacial score (nSPS) is 11.3. The summed E-state index contributed by atoms with van der Waals surface area (Å²) in [4.78, 5) is 20.9. The van der Waals surface area contributed by atoms with Gasteiger partial charge in [0, 0.05) is 18.3 Å². The molecule has 0 spiro atoms. The van der Waals surface area contributed by atoms with Crippen LogP contribution in [0.3, 0.4) is 0 Å². The smallest absolute Gasteiger partial charge is 0.322 e. The molecule has 7 heteroatoms. The number of anilines is 1. The van der Waals surface area contributed by atoms with Gasteiger partial charge in [-0.1, -0.05) is 36.4 Å². The average Bonchev–Trinajstić information content (AvgIpc) is 2.62. The molecule has 0 saturated heterocycles. The van der Waals surface area contributed by atoms with Gasteiger partial charge in [0.2, 0.25) is 0 Å². The monoisotopic (exact) mass is 371 g/mol. The van der Waals surface area contributed by atoms with Gasteiger partial charge in [0.1, 0.15) is 5.82 Å². The molecule has 0 unspecified atom stereocenters. The van der Waals surface area contributed by atoms with Crippen LogP contribution in [0.1, 0.15) is 33.0 Å². The Kier molecular flexibility index (Phi) is 5.21. The van der Waals surface area contributed by atoms with Gasteiger partial charge in [-0.15, -0.1) is 0 Å². The minimum absolute atomic E-state index is 0.0580. The van der Waals surface area contributed by atoms with Gasteiger partial charge in [-0.25, -0.2) is 9.97 Å². The second-order valence-electron chi connectivity index (χ2n) is 5.98. The summed E-state index contributed by atoms with van der Waals surface area (Å²) in [5.41, 5.74) is 0.941. The van der Waals surface area contributed by atoms with E-state index in [9.17, 15) is 18.0 Å². The van der Waals surface area contributed by atoms with Crippen LogP contribution in [-0.4, -0.2) is 15.9 Å². The Morgan fingerprint density at radius 2 is 1.81 bits per heavy atom. The van der Waals surface area contributed by atoms with Crippen molar-refractivity contribution < 1.29 is 18.0 Å². The van der Waals surface area contributed by atoms with Crippen molar-refractivity contribution in [2.75, 3.05) is 5.32 Å². The molecule has 0 atom stereocenters. The van der Waals surface area contributed by atoms with Crippen molar-refractivity contribution in [2.24, 2.45) is 0 Å². The van der Waals surface area contributed by atoms with Crippen LogP contribution >= 0.6 is 0 Å². The minimum Gasteiger partial charge on any atom is -0.322 e. The Balaban J connectivity index is 1.75. The van der Waals surface area contributed by atoms with Crippen molar-refractivity contribution in [2.45, 2.75) is 19.5 Å². The fourth-order valence-corrected chi connectivity index (χ4v) is 2.57. The highest BCUT2D eigenvalue weighted by Crippen LogP contribution is 2.30. The first-order valence-corrected chi connectivity index (χ1v) is 8.18. The maximum atomic E-state index is 12.8. The lowest BCUT2D eigenvalue weighted by atomic mass is 10.1. The Labute approximate surface area is 154 Å². The highest BCUT2D eigenvalue weighted by atomic mass is 19.4. The largest absolute Gasteiger partial charge is 0.416 e. The molecule has 0 aliphatic carbocycles. The Morgan fingerprint density at radius 3 is 2.48 bits per heavy atom. The van der Waals surface area contributed by atoms with Crippen molar-refractivity contribution in [3.8, 4) is 0 Å². The second kappa shape index (κ2) is 7.57. The van der Waals surface area contributed by atoms with Crippen LogP contribution in [-0.2, 0) is 12.6 Å². The number of amides is 1. The summed E-state index contributed by atoms with van der Waals surface area (Å²) in [6.45, 7) is 1.66. The summed E-state index contributed by atoms with van der Waals surface area (Å²) in [5.74, 6) is 0.00686. The third-order valence-corrected chi connectivity index (χ3v) is 3.93. The molecular formula is C20H16F3N3O. The summed E-state index contributed by atoms with van der Waals surface area (Å²) in [7, 11) is 0. The molecular weight excluding hydrogens is 355 g/mol. The number of alkyl halides is 3. The summed E-state index contributed by atoms with van der Waals surface area (Å²) < 4.78 is 38.3. The van der Waals surface area contributed by atoms with Crippen LogP contribution in [0.5, 0.6) is 0 Å². The van der Waals surface area contributed by atoms with Gasteiger partial charge in [0.05, 0.1) is 16.8 Å². The van der Waals surface area contributed by atoms with Crippen molar-refractivity contribution in [1.29, 1.82) is 0 Å². The molecule has 0 aliphatic heterocycles. The molecule has 2 aromatic carbocycles. The highest BCUT2D eigenvalue weighted by molar-refractivity contribution is 6.04. The first kappa shape index (κ1) is 18.6. The number of benzene rings is 2. The number of halogens is 3. The van der Waals surface area contributed by atoms with Crippen LogP contribution in [0.2, 0.25) is 0 Å². The van der Waals surface area contributed by atoms with Crippen LogP contribution in [0.25, 0.3) is 0 Å². The van der Waals surface area contributed by atoms with E-state index in [2.05, 4.69) is 15.3 Å². The van der Waals surface area contributed by atoms with E-state index >= 15 is 0 Å². The summed E-state index contributed by atoms with van der Waals surface area (Å²) in [6.07, 6.45) is -2.56. The van der Waals surface area contributed by atoms with E-state index in [4.69, 9.17) is 0 Å². The van der Waals surface area contributed by atoms with E-state index in [1.807, 2.05) is 30.3 Å². The van der Waals surface area contributed by atoms with Crippen molar-refractivity contribution >= 4 is 11.6 Å². The number of carbonyl (C=O) groups is 1. The van der Waals surface area contributed by atoms with Crippen LogP contribution in [0.4, 0.5) is 18.9 Å². The molecule has 138 valence electrons. The van der Waals surface area contributed by atoms with Gasteiger partial charge < -0.3 is 5.32 Å². The van der Waals surface area contributed by atoms with Crippen molar-refractivity contribution in [3.63, 3.8) is 0 Å². The van der Waals surface area contributed by atoms with Gasteiger partial charge >= 0.3 is 6.18 Å². The maximum Gasteiger partial charge on any atom is 0.416 e. The number of nitrogens with zero attached hydrogens (tertiary/aromatic N) is 2. The zero-order chi connectivity index (χ0) is 19.4. The van der Waals surface area contributed by atoms with Crippen molar-refractivity contribution in [1.82, 2.24) is 9.97 Å². The summed E-state index contributed by atoms with van der Waals surface area (Å²) >= 11 is 0. The predicted octanol–water partition coefficient (Wildman–Crippen LogP) is 4.65. The fourth-order valence-electron chi connectivity index (χ4n) is 2.57. The second-order valence-corrected chi connectivity index (χ2v) is 5.98. The first-order valence-electron chi connectivity index (χ1n) is 8.18. The maximum absolute atomic E-state index is 12.8. The molecule has 1 N–H and O–H groups in total. The number of aryl methyl sites for hydroxylation is 1. The summed E-state index contributed by atoms with van der Waals surface area (Å²) in [5, 5.41) is 2.46. The summed E-state index contributed by atoms with van der Waals surface area (Å²) in [6, 6.07) is 14.1. The van der Waals surface area contributed by atoms with Gasteiger partial charge in [0.15, 0.2) is 0 Å². The molecule has 0 saturated carbocycles. The van der Waals surface area contributed by atoms with Crippen LogP contribution < -0.4 is 5.32 Å². The van der Waals surface area contributed by atoms with Gasteiger partial charge in [-0.05, 0) is 30.7 Å². The third kappa shape index (κ3) is 4.69. The number of aromatic nitrogens is 2. The molecule has 1 amide bonds. The van der Waals surface area contributed by atoms with Crippen LogP contribution in [0, 0.1) is 6.92 Å². The molecule has 3 rings (SSSR count). The van der Waals surface area contributed by atoms with E-state index in [1.54, 1.807) is 6.92 Å². The third-order valence-electron chi connectivity index (χ3n) is 3.93. The molecule has 0 fully saturated rings. The Bertz CT molecular complexity index is 956. The highest BCUT2D eigenvalue weighted by Gasteiger charge is 2.30. The topological polar surface area (TPSA) is 54.9 Å². The molecule has 4 nitrogen and oxygen atoms in total. The van der Waals surface area contributed by atoms with Crippen molar-refractivity contribution in [3.05, 3.63) is 89.0 Å². The van der Waals surface area contributed by atoms with Gasteiger partial charge in [-0.3, -0.25) is 4.79 Å². The lowest BCUT2D eigenvalue weighted by Crippen LogP contribution is -2.16. The number of hydrogen-bond acceptors (Lipinski definition) is 3. The minimum atomic E-state index is -4.47. The number of carbonyl (C=O) groups excluding carboxylic acids is 1. The molecule has 1 aromatic heterocycles. The van der Waals surface area contributed by atoms with E-state index in [0.29, 0.717) is 17.9 Å². The zero-order valence-corrected chi connectivity index (χ0v) is 14.4.